The summed E-state index contributed by atoms with van der Waals surface area (Å²) in [5.41, 5.74) is 4.64. The maximum absolute atomic E-state index is 12.3. The Kier molecular flexibility index (Phi) is 7.00. The van der Waals surface area contributed by atoms with E-state index in [1.165, 1.54) is 0 Å². The van der Waals surface area contributed by atoms with E-state index in [0.29, 0.717) is 11.6 Å². The highest BCUT2D eigenvalue weighted by atomic mass is 16.5. The largest absolute Gasteiger partial charge is 0.483 e. The predicted molar refractivity (Wildman–Crippen MR) is 130 cm³/mol. The van der Waals surface area contributed by atoms with Crippen molar-refractivity contribution in [3.63, 3.8) is 0 Å². The fourth-order valence-electron chi connectivity index (χ4n) is 3.59. The van der Waals surface area contributed by atoms with Gasteiger partial charge in [0.25, 0.3) is 5.91 Å². The molecule has 0 saturated heterocycles. The van der Waals surface area contributed by atoms with Crippen LogP contribution in [-0.4, -0.2) is 17.5 Å². The Labute approximate surface area is 194 Å². The quantitative estimate of drug-likeness (QED) is 0.373. The van der Waals surface area contributed by atoms with Crippen LogP contribution in [0.15, 0.2) is 97.2 Å². The van der Waals surface area contributed by atoms with E-state index in [0.717, 1.165) is 28.0 Å². The van der Waals surface area contributed by atoms with Crippen LogP contribution in [0.1, 0.15) is 28.4 Å². The summed E-state index contributed by atoms with van der Waals surface area (Å²) in [4.78, 5) is 16.7. The number of ether oxygens (including phenoxy) is 2. The summed E-state index contributed by atoms with van der Waals surface area (Å²) >= 11 is 0. The third-order valence-electron chi connectivity index (χ3n) is 5.22. The van der Waals surface area contributed by atoms with Gasteiger partial charge in [0.2, 0.25) is 5.88 Å². The third-order valence-corrected chi connectivity index (χ3v) is 5.22. The first kappa shape index (κ1) is 22.1. The Hall–Kier alpha value is -4.12. The van der Waals surface area contributed by atoms with E-state index >= 15 is 0 Å². The number of aromatic nitrogens is 1. The van der Waals surface area contributed by atoms with E-state index in [4.69, 9.17) is 9.47 Å². The number of carbonyl (C=O) groups excluding carboxylic acids is 1. The molecule has 0 aliphatic carbocycles. The fraction of sp³-hybridized carbons (Fsp3) is 0.143. The predicted octanol–water partition coefficient (Wildman–Crippen LogP) is 5.88. The van der Waals surface area contributed by atoms with Crippen LogP contribution in [0.5, 0.6) is 11.6 Å². The molecule has 1 aromatic heterocycles. The van der Waals surface area contributed by atoms with Crippen molar-refractivity contribution in [2.24, 2.45) is 0 Å². The second kappa shape index (κ2) is 10.5. The number of rotatable bonds is 8. The minimum atomic E-state index is -0.286. The summed E-state index contributed by atoms with van der Waals surface area (Å²) in [6, 6.07) is 29.4. The molecule has 0 fully saturated rings. The molecule has 166 valence electrons. The minimum Gasteiger partial charge on any atom is -0.483 e. The molecule has 0 atom stereocenters. The molecule has 0 aliphatic rings. The van der Waals surface area contributed by atoms with E-state index in [2.05, 4.69) is 10.3 Å². The average molecular weight is 439 g/mol. The van der Waals surface area contributed by atoms with Gasteiger partial charge in [0.05, 0.1) is 11.9 Å². The van der Waals surface area contributed by atoms with Crippen molar-refractivity contribution in [3.8, 4) is 11.6 Å². The highest BCUT2D eigenvalue weighted by Crippen LogP contribution is 2.28. The van der Waals surface area contributed by atoms with Crippen LogP contribution in [0.2, 0.25) is 0 Å². The van der Waals surface area contributed by atoms with Gasteiger partial charge >= 0.3 is 0 Å². The second-order valence-electron chi connectivity index (χ2n) is 7.76. The lowest BCUT2D eigenvalue weighted by molar-refractivity contribution is -0.118. The first-order chi connectivity index (χ1) is 16.1. The zero-order valence-corrected chi connectivity index (χ0v) is 18.7. The van der Waals surface area contributed by atoms with Crippen molar-refractivity contribution in [1.29, 1.82) is 0 Å². The topological polar surface area (TPSA) is 60.5 Å². The van der Waals surface area contributed by atoms with Gasteiger partial charge < -0.3 is 14.8 Å². The van der Waals surface area contributed by atoms with Crippen molar-refractivity contribution < 1.29 is 14.3 Å². The molecule has 5 nitrogen and oxygen atoms in total. The van der Waals surface area contributed by atoms with Gasteiger partial charge in [-0.2, -0.15) is 0 Å². The number of anilines is 1. The molecule has 4 aromatic rings. The van der Waals surface area contributed by atoms with Gasteiger partial charge in [-0.25, -0.2) is 4.98 Å². The van der Waals surface area contributed by atoms with E-state index in [1.807, 2.05) is 92.7 Å². The van der Waals surface area contributed by atoms with Gasteiger partial charge in [-0.15, -0.1) is 0 Å². The van der Waals surface area contributed by atoms with E-state index in [9.17, 15) is 4.79 Å². The molecule has 0 spiro atoms. The SMILES string of the molecule is Cc1cccc(C)c1OCC(=O)Nc1ccc(OC(c2ccccc2)c2ccccc2)nc1. The number of nitrogens with one attached hydrogen (secondary N) is 1. The summed E-state index contributed by atoms with van der Waals surface area (Å²) in [6.07, 6.45) is 1.30. The van der Waals surface area contributed by atoms with Crippen molar-refractivity contribution in [2.75, 3.05) is 11.9 Å². The molecule has 0 unspecified atom stereocenters. The monoisotopic (exact) mass is 438 g/mol. The number of nitrogens with zero attached hydrogens (tertiary/aromatic N) is 1. The van der Waals surface area contributed by atoms with Crippen LogP contribution in [0.25, 0.3) is 0 Å². The number of hydrogen-bond donors (Lipinski definition) is 1. The molecule has 33 heavy (non-hydrogen) atoms. The van der Waals surface area contributed by atoms with Gasteiger partial charge in [0.1, 0.15) is 5.75 Å². The number of hydrogen-bond acceptors (Lipinski definition) is 4. The zero-order chi connectivity index (χ0) is 23.0. The molecule has 3 aromatic carbocycles. The third kappa shape index (κ3) is 5.77. The Morgan fingerprint density at radius 1 is 0.818 bits per heavy atom. The number of amides is 1. The van der Waals surface area contributed by atoms with Crippen LogP contribution >= 0.6 is 0 Å². The maximum Gasteiger partial charge on any atom is 0.262 e. The van der Waals surface area contributed by atoms with Gasteiger partial charge in [-0.1, -0.05) is 78.9 Å². The Morgan fingerprint density at radius 3 is 1.97 bits per heavy atom. The molecule has 0 saturated carbocycles. The fourth-order valence-corrected chi connectivity index (χ4v) is 3.59. The number of benzene rings is 3. The molecule has 4 rings (SSSR count). The van der Waals surface area contributed by atoms with Crippen LogP contribution in [0.3, 0.4) is 0 Å². The Balaban J connectivity index is 1.40. The van der Waals surface area contributed by atoms with Crippen LogP contribution < -0.4 is 14.8 Å². The van der Waals surface area contributed by atoms with Crippen molar-refractivity contribution in [2.45, 2.75) is 20.0 Å². The van der Waals surface area contributed by atoms with E-state index in [1.54, 1.807) is 18.3 Å². The first-order valence-electron chi connectivity index (χ1n) is 10.8. The van der Waals surface area contributed by atoms with Gasteiger partial charge in [-0.3, -0.25) is 4.79 Å². The molecule has 0 radical (unpaired) electrons. The van der Waals surface area contributed by atoms with E-state index < -0.39 is 0 Å². The molecule has 0 aliphatic heterocycles. The van der Waals surface area contributed by atoms with Gasteiger partial charge in [-0.05, 0) is 42.2 Å². The number of carbonyl (C=O) groups is 1. The van der Waals surface area contributed by atoms with Crippen LogP contribution in [-0.2, 0) is 4.79 Å². The Morgan fingerprint density at radius 2 is 1.42 bits per heavy atom. The molecule has 1 heterocycles. The van der Waals surface area contributed by atoms with Crippen molar-refractivity contribution in [1.82, 2.24) is 4.98 Å². The number of para-hydroxylation sites is 1. The lowest BCUT2D eigenvalue weighted by atomic mass is 10.0. The molecule has 1 N–H and O–H groups in total. The van der Waals surface area contributed by atoms with Crippen LogP contribution in [0, 0.1) is 13.8 Å². The Bertz CT molecular complexity index is 1130. The van der Waals surface area contributed by atoms with Crippen molar-refractivity contribution >= 4 is 11.6 Å². The summed E-state index contributed by atoms with van der Waals surface area (Å²) in [7, 11) is 0. The molecule has 0 bridgehead atoms. The van der Waals surface area contributed by atoms with Gasteiger partial charge in [0.15, 0.2) is 12.7 Å². The van der Waals surface area contributed by atoms with Crippen LogP contribution in [0.4, 0.5) is 5.69 Å². The summed E-state index contributed by atoms with van der Waals surface area (Å²) in [5.74, 6) is 0.958. The number of aryl methyl sites for hydroxylation is 2. The highest BCUT2D eigenvalue weighted by molar-refractivity contribution is 5.91. The lowest BCUT2D eigenvalue weighted by Gasteiger charge is -2.19. The van der Waals surface area contributed by atoms with Crippen molar-refractivity contribution in [3.05, 3.63) is 119 Å². The minimum absolute atomic E-state index is 0.0754. The second-order valence-corrected chi connectivity index (χ2v) is 7.76. The lowest BCUT2D eigenvalue weighted by Crippen LogP contribution is -2.20. The maximum atomic E-state index is 12.3. The smallest absolute Gasteiger partial charge is 0.262 e. The normalized spacial score (nSPS) is 10.6. The van der Waals surface area contributed by atoms with Gasteiger partial charge in [0, 0.05) is 6.07 Å². The molecule has 1 amide bonds. The van der Waals surface area contributed by atoms with E-state index in [-0.39, 0.29) is 18.6 Å². The first-order valence-corrected chi connectivity index (χ1v) is 10.8. The highest BCUT2D eigenvalue weighted by Gasteiger charge is 2.16. The molecule has 5 heteroatoms. The zero-order valence-electron chi connectivity index (χ0n) is 18.7. The summed E-state index contributed by atoms with van der Waals surface area (Å²) in [5, 5.41) is 2.81. The molecular weight excluding hydrogens is 412 g/mol. The average Bonchev–Trinajstić information content (AvgIpc) is 2.84. The number of pyridine rings is 1. The standard InChI is InChI=1S/C28H26N2O3/c1-20-10-9-11-21(2)27(20)32-19-25(31)30-24-16-17-26(29-18-24)33-28(22-12-5-3-6-13-22)23-14-7-4-8-15-23/h3-18,28H,19H2,1-2H3,(H,30,31). The molecular formula is C28H26N2O3. The summed E-state index contributed by atoms with van der Waals surface area (Å²) in [6.45, 7) is 3.84. The summed E-state index contributed by atoms with van der Waals surface area (Å²) < 4.78 is 11.9.